The van der Waals surface area contributed by atoms with Gasteiger partial charge in [-0.15, -0.1) is 0 Å². The Bertz CT molecular complexity index is 585. The Labute approximate surface area is 114 Å². The molecule has 3 heterocycles. The average molecular weight is 276 g/mol. The molecule has 1 fully saturated rings. The monoisotopic (exact) mass is 276 g/mol. The van der Waals surface area contributed by atoms with Crippen molar-refractivity contribution < 1.29 is 9.18 Å². The van der Waals surface area contributed by atoms with E-state index in [1.807, 2.05) is 16.3 Å². The Morgan fingerprint density at radius 1 is 1.47 bits per heavy atom. The fraction of sp³-hybridized carbons (Fsp3) is 0.286. The molecule has 3 nitrogen and oxygen atoms in total. The van der Waals surface area contributed by atoms with Crippen LogP contribution >= 0.6 is 11.3 Å². The zero-order chi connectivity index (χ0) is 13.2. The van der Waals surface area contributed by atoms with E-state index in [9.17, 15) is 9.18 Å². The molecular weight excluding hydrogens is 263 g/mol. The smallest absolute Gasteiger partial charge is 0.254 e. The number of thiophene rings is 1. The second-order valence-corrected chi connectivity index (χ2v) is 5.36. The largest absolute Gasteiger partial charge is 0.332 e. The van der Waals surface area contributed by atoms with E-state index in [1.165, 1.54) is 17.8 Å². The molecule has 5 heteroatoms. The van der Waals surface area contributed by atoms with Crippen LogP contribution in [0.4, 0.5) is 4.39 Å². The lowest BCUT2D eigenvalue weighted by molar-refractivity contribution is 0.0735. The minimum Gasteiger partial charge on any atom is -0.332 e. The number of hydrogen-bond acceptors (Lipinski definition) is 3. The SMILES string of the molecule is O=C(c1ccnc(F)c1)N1CCCC1c1ccsc1. The number of carbonyl (C=O) groups excluding carboxylic acids is 1. The van der Waals surface area contributed by atoms with Crippen molar-refractivity contribution in [3.05, 3.63) is 52.2 Å². The molecule has 2 aromatic rings. The van der Waals surface area contributed by atoms with Gasteiger partial charge in [-0.1, -0.05) is 0 Å². The third kappa shape index (κ3) is 2.38. The highest BCUT2D eigenvalue weighted by atomic mass is 32.1. The summed E-state index contributed by atoms with van der Waals surface area (Å²) >= 11 is 1.63. The molecule has 0 saturated carbocycles. The molecule has 1 aliphatic rings. The van der Waals surface area contributed by atoms with Crippen molar-refractivity contribution >= 4 is 17.2 Å². The van der Waals surface area contributed by atoms with Crippen LogP contribution in [0.2, 0.25) is 0 Å². The van der Waals surface area contributed by atoms with Gasteiger partial charge in [0.25, 0.3) is 5.91 Å². The summed E-state index contributed by atoms with van der Waals surface area (Å²) in [5, 5.41) is 4.09. The van der Waals surface area contributed by atoms with Gasteiger partial charge in [-0.2, -0.15) is 15.7 Å². The molecule has 1 atom stereocenters. The van der Waals surface area contributed by atoms with Crippen LogP contribution in [0.5, 0.6) is 0 Å². The van der Waals surface area contributed by atoms with Crippen LogP contribution in [-0.2, 0) is 0 Å². The van der Waals surface area contributed by atoms with Crippen molar-refractivity contribution in [2.24, 2.45) is 0 Å². The standard InChI is InChI=1S/C14H13FN2OS/c15-13-8-10(3-5-16-13)14(18)17-6-1-2-12(17)11-4-7-19-9-11/h3-5,7-9,12H,1-2,6H2. The first-order chi connectivity index (χ1) is 9.25. The lowest BCUT2D eigenvalue weighted by Gasteiger charge is -2.24. The van der Waals surface area contributed by atoms with E-state index < -0.39 is 5.95 Å². The minimum atomic E-state index is -0.614. The van der Waals surface area contributed by atoms with Crippen molar-refractivity contribution in [3.63, 3.8) is 0 Å². The van der Waals surface area contributed by atoms with Crippen LogP contribution in [0.15, 0.2) is 35.2 Å². The Morgan fingerprint density at radius 2 is 2.37 bits per heavy atom. The molecule has 1 aliphatic heterocycles. The molecule has 19 heavy (non-hydrogen) atoms. The van der Waals surface area contributed by atoms with E-state index in [0.717, 1.165) is 19.4 Å². The molecule has 0 N–H and O–H groups in total. The molecule has 0 spiro atoms. The number of rotatable bonds is 2. The lowest BCUT2D eigenvalue weighted by atomic mass is 10.1. The van der Waals surface area contributed by atoms with Crippen molar-refractivity contribution in [2.45, 2.75) is 18.9 Å². The summed E-state index contributed by atoms with van der Waals surface area (Å²) in [6.45, 7) is 0.725. The quantitative estimate of drug-likeness (QED) is 0.789. The Morgan fingerprint density at radius 3 is 3.11 bits per heavy atom. The van der Waals surface area contributed by atoms with Crippen LogP contribution in [0, 0.1) is 5.95 Å². The van der Waals surface area contributed by atoms with Crippen molar-refractivity contribution in [2.75, 3.05) is 6.54 Å². The van der Waals surface area contributed by atoms with Crippen LogP contribution in [-0.4, -0.2) is 22.3 Å². The summed E-state index contributed by atoms with van der Waals surface area (Å²) < 4.78 is 13.1. The molecule has 98 valence electrons. The van der Waals surface area contributed by atoms with Gasteiger partial charge >= 0.3 is 0 Å². The summed E-state index contributed by atoms with van der Waals surface area (Å²) in [4.78, 5) is 17.8. The maximum atomic E-state index is 13.1. The zero-order valence-corrected chi connectivity index (χ0v) is 11.1. The van der Waals surface area contributed by atoms with Gasteiger partial charge in [0.05, 0.1) is 6.04 Å². The highest BCUT2D eigenvalue weighted by Crippen LogP contribution is 2.34. The van der Waals surface area contributed by atoms with E-state index >= 15 is 0 Å². The molecular formula is C14H13FN2OS. The Kier molecular flexibility index (Phi) is 3.29. The molecule has 2 aromatic heterocycles. The Hall–Kier alpha value is -1.75. The van der Waals surface area contributed by atoms with Crippen LogP contribution < -0.4 is 0 Å². The van der Waals surface area contributed by atoms with E-state index in [0.29, 0.717) is 5.56 Å². The summed E-state index contributed by atoms with van der Waals surface area (Å²) in [5.74, 6) is -0.730. The van der Waals surface area contributed by atoms with Gasteiger partial charge in [0.2, 0.25) is 5.95 Å². The molecule has 3 rings (SSSR count). The first-order valence-electron chi connectivity index (χ1n) is 6.20. The predicted molar refractivity (Wildman–Crippen MR) is 71.5 cm³/mol. The van der Waals surface area contributed by atoms with E-state index in [4.69, 9.17) is 0 Å². The average Bonchev–Trinajstić information content (AvgIpc) is 3.08. The predicted octanol–water partition coefficient (Wildman–Crippen LogP) is 3.26. The van der Waals surface area contributed by atoms with Crippen LogP contribution in [0.3, 0.4) is 0 Å². The van der Waals surface area contributed by atoms with Crippen molar-refractivity contribution in [1.29, 1.82) is 0 Å². The second kappa shape index (κ2) is 5.09. The third-order valence-corrected chi connectivity index (χ3v) is 4.12. The normalized spacial score (nSPS) is 18.8. The summed E-state index contributed by atoms with van der Waals surface area (Å²) in [7, 11) is 0. The summed E-state index contributed by atoms with van der Waals surface area (Å²) in [5.41, 5.74) is 1.54. The highest BCUT2D eigenvalue weighted by Gasteiger charge is 2.30. The summed E-state index contributed by atoms with van der Waals surface area (Å²) in [6.07, 6.45) is 3.29. The molecule has 0 aromatic carbocycles. The van der Waals surface area contributed by atoms with Gasteiger partial charge in [0.1, 0.15) is 0 Å². The van der Waals surface area contributed by atoms with Gasteiger partial charge in [-0.25, -0.2) is 4.98 Å². The van der Waals surface area contributed by atoms with Gasteiger partial charge in [-0.3, -0.25) is 4.79 Å². The van der Waals surface area contributed by atoms with E-state index in [-0.39, 0.29) is 11.9 Å². The fourth-order valence-corrected chi connectivity index (χ4v) is 3.23. The van der Waals surface area contributed by atoms with Gasteiger partial charge in [0.15, 0.2) is 0 Å². The molecule has 0 aliphatic carbocycles. The van der Waals surface area contributed by atoms with Crippen LogP contribution in [0.25, 0.3) is 0 Å². The zero-order valence-electron chi connectivity index (χ0n) is 10.3. The summed E-state index contributed by atoms with van der Waals surface area (Å²) in [6, 6.07) is 4.93. The lowest BCUT2D eigenvalue weighted by Crippen LogP contribution is -2.30. The van der Waals surface area contributed by atoms with E-state index in [2.05, 4.69) is 10.4 Å². The van der Waals surface area contributed by atoms with E-state index in [1.54, 1.807) is 17.4 Å². The second-order valence-electron chi connectivity index (χ2n) is 4.58. The minimum absolute atomic E-state index is 0.116. The first-order valence-corrected chi connectivity index (χ1v) is 7.14. The molecule has 1 unspecified atom stereocenters. The van der Waals surface area contributed by atoms with Gasteiger partial charge < -0.3 is 4.90 Å². The number of amides is 1. The topological polar surface area (TPSA) is 33.2 Å². The molecule has 0 bridgehead atoms. The molecule has 1 saturated heterocycles. The molecule has 0 radical (unpaired) electrons. The van der Waals surface area contributed by atoms with Gasteiger partial charge in [-0.05, 0) is 41.3 Å². The van der Waals surface area contributed by atoms with Crippen LogP contribution in [0.1, 0.15) is 34.8 Å². The fourth-order valence-electron chi connectivity index (χ4n) is 2.52. The maximum absolute atomic E-state index is 13.1. The van der Waals surface area contributed by atoms with Crippen molar-refractivity contribution in [3.8, 4) is 0 Å². The molecule has 1 amide bonds. The number of likely N-dealkylation sites (tertiary alicyclic amines) is 1. The number of pyridine rings is 1. The third-order valence-electron chi connectivity index (χ3n) is 3.42. The maximum Gasteiger partial charge on any atom is 0.254 e. The van der Waals surface area contributed by atoms with Gasteiger partial charge in [0, 0.05) is 24.4 Å². The number of hydrogen-bond donors (Lipinski definition) is 0. The first kappa shape index (κ1) is 12.3. The number of halogens is 1. The highest BCUT2D eigenvalue weighted by molar-refractivity contribution is 7.07. The Balaban J connectivity index is 1.87. The number of nitrogens with zero attached hydrogens (tertiary/aromatic N) is 2. The number of aromatic nitrogens is 1. The number of carbonyl (C=O) groups is 1. The van der Waals surface area contributed by atoms with Crippen molar-refractivity contribution in [1.82, 2.24) is 9.88 Å².